The monoisotopic (exact) mass is 321 g/mol. The Morgan fingerprint density at radius 3 is 2.50 bits per heavy atom. The first-order chi connectivity index (χ1) is 10.3. The van der Waals surface area contributed by atoms with Gasteiger partial charge in [0, 0.05) is 12.1 Å². The van der Waals surface area contributed by atoms with E-state index >= 15 is 0 Å². The summed E-state index contributed by atoms with van der Waals surface area (Å²) >= 11 is 0. The van der Waals surface area contributed by atoms with Gasteiger partial charge >= 0.3 is 0 Å². The molecule has 0 bridgehead atoms. The SMILES string of the molecule is CC(Nc1ccccc1[N+](=O)[O-])c1cccc(S(N)(=O)=O)c1. The molecule has 0 aliphatic carbocycles. The third kappa shape index (κ3) is 3.60. The Labute approximate surface area is 128 Å². The van der Waals surface area contributed by atoms with Gasteiger partial charge in [0.1, 0.15) is 5.69 Å². The highest BCUT2D eigenvalue weighted by Crippen LogP contribution is 2.28. The molecule has 0 saturated carbocycles. The average Bonchev–Trinajstić information content (AvgIpc) is 2.47. The number of nitrogens with one attached hydrogen (secondary N) is 1. The van der Waals surface area contributed by atoms with Gasteiger partial charge in [-0.05, 0) is 30.7 Å². The number of primary sulfonamides is 1. The van der Waals surface area contributed by atoms with Crippen LogP contribution >= 0.6 is 0 Å². The normalized spacial score (nSPS) is 12.6. The summed E-state index contributed by atoms with van der Waals surface area (Å²) in [7, 11) is -3.79. The van der Waals surface area contributed by atoms with Gasteiger partial charge in [-0.1, -0.05) is 24.3 Å². The van der Waals surface area contributed by atoms with E-state index in [0.717, 1.165) is 0 Å². The second-order valence-corrected chi connectivity index (χ2v) is 6.32. The molecule has 2 aromatic rings. The minimum atomic E-state index is -3.79. The molecule has 0 heterocycles. The van der Waals surface area contributed by atoms with E-state index in [-0.39, 0.29) is 16.6 Å². The van der Waals surface area contributed by atoms with Crippen LogP contribution in [-0.2, 0) is 10.0 Å². The lowest BCUT2D eigenvalue weighted by Gasteiger charge is -2.16. The van der Waals surface area contributed by atoms with Gasteiger partial charge in [-0.25, -0.2) is 13.6 Å². The number of rotatable bonds is 5. The van der Waals surface area contributed by atoms with Crippen LogP contribution in [0.5, 0.6) is 0 Å². The fourth-order valence-electron chi connectivity index (χ4n) is 2.03. The van der Waals surface area contributed by atoms with Gasteiger partial charge in [-0.2, -0.15) is 0 Å². The number of nitro groups is 1. The molecule has 0 aliphatic rings. The number of para-hydroxylation sites is 2. The smallest absolute Gasteiger partial charge is 0.292 e. The summed E-state index contributed by atoms with van der Waals surface area (Å²) in [6.45, 7) is 1.78. The number of nitrogens with zero attached hydrogens (tertiary/aromatic N) is 1. The van der Waals surface area contributed by atoms with Crippen LogP contribution in [0.4, 0.5) is 11.4 Å². The average molecular weight is 321 g/mol. The van der Waals surface area contributed by atoms with E-state index in [9.17, 15) is 18.5 Å². The number of anilines is 1. The molecule has 0 saturated heterocycles. The Morgan fingerprint density at radius 1 is 1.18 bits per heavy atom. The van der Waals surface area contributed by atoms with Gasteiger partial charge in [0.25, 0.3) is 5.69 Å². The minimum Gasteiger partial charge on any atom is -0.373 e. The number of hydrogen-bond donors (Lipinski definition) is 2. The first-order valence-corrected chi connectivity index (χ1v) is 7.96. The highest BCUT2D eigenvalue weighted by atomic mass is 32.2. The van der Waals surface area contributed by atoms with Crippen molar-refractivity contribution in [2.75, 3.05) is 5.32 Å². The van der Waals surface area contributed by atoms with Crippen molar-refractivity contribution in [2.24, 2.45) is 5.14 Å². The number of nitrogens with two attached hydrogens (primary N) is 1. The van der Waals surface area contributed by atoms with Crippen molar-refractivity contribution in [1.29, 1.82) is 0 Å². The molecule has 1 atom stereocenters. The molecule has 2 rings (SSSR count). The number of sulfonamides is 1. The summed E-state index contributed by atoms with van der Waals surface area (Å²) in [6, 6.07) is 12.1. The maximum atomic E-state index is 11.4. The van der Waals surface area contributed by atoms with E-state index < -0.39 is 14.9 Å². The molecule has 7 nitrogen and oxygen atoms in total. The van der Waals surface area contributed by atoms with Crippen molar-refractivity contribution >= 4 is 21.4 Å². The van der Waals surface area contributed by atoms with Gasteiger partial charge < -0.3 is 5.32 Å². The van der Waals surface area contributed by atoms with Crippen molar-refractivity contribution in [3.63, 3.8) is 0 Å². The Bertz CT molecular complexity index is 805. The number of hydrogen-bond acceptors (Lipinski definition) is 5. The third-order valence-electron chi connectivity index (χ3n) is 3.16. The maximum Gasteiger partial charge on any atom is 0.292 e. The van der Waals surface area contributed by atoms with Crippen molar-refractivity contribution in [3.05, 3.63) is 64.2 Å². The van der Waals surface area contributed by atoms with Crippen molar-refractivity contribution in [2.45, 2.75) is 17.9 Å². The second-order valence-electron chi connectivity index (χ2n) is 4.76. The molecule has 116 valence electrons. The molecule has 0 aliphatic heterocycles. The van der Waals surface area contributed by atoms with Gasteiger partial charge in [0.2, 0.25) is 10.0 Å². The van der Waals surface area contributed by atoms with Crippen LogP contribution in [0.1, 0.15) is 18.5 Å². The molecule has 0 amide bonds. The minimum absolute atomic E-state index is 0.00112. The quantitative estimate of drug-likeness (QED) is 0.648. The van der Waals surface area contributed by atoms with Crippen LogP contribution < -0.4 is 10.5 Å². The van der Waals surface area contributed by atoms with Gasteiger partial charge in [-0.15, -0.1) is 0 Å². The highest BCUT2D eigenvalue weighted by Gasteiger charge is 2.16. The van der Waals surface area contributed by atoms with Crippen molar-refractivity contribution < 1.29 is 13.3 Å². The summed E-state index contributed by atoms with van der Waals surface area (Å²) < 4.78 is 22.8. The lowest BCUT2D eigenvalue weighted by Crippen LogP contribution is -2.14. The molecule has 1 unspecified atom stereocenters. The van der Waals surface area contributed by atoms with Gasteiger partial charge in [0.15, 0.2) is 0 Å². The molecule has 0 radical (unpaired) electrons. The van der Waals surface area contributed by atoms with Gasteiger partial charge in [-0.3, -0.25) is 10.1 Å². The second kappa shape index (κ2) is 6.12. The molecule has 3 N–H and O–H groups in total. The molecule has 0 fully saturated rings. The van der Waals surface area contributed by atoms with E-state index in [1.165, 1.54) is 18.2 Å². The molecule has 8 heteroatoms. The van der Waals surface area contributed by atoms with E-state index in [4.69, 9.17) is 5.14 Å². The highest BCUT2D eigenvalue weighted by molar-refractivity contribution is 7.89. The molecule has 2 aromatic carbocycles. The van der Waals surface area contributed by atoms with Gasteiger partial charge in [0.05, 0.1) is 9.82 Å². The Kier molecular flexibility index (Phi) is 4.43. The largest absolute Gasteiger partial charge is 0.373 e. The predicted molar refractivity (Wildman–Crippen MR) is 82.9 cm³/mol. The molecular weight excluding hydrogens is 306 g/mol. The van der Waals surface area contributed by atoms with Crippen LogP contribution in [0.25, 0.3) is 0 Å². The zero-order valence-electron chi connectivity index (χ0n) is 11.8. The topological polar surface area (TPSA) is 115 Å². The molecule has 0 aromatic heterocycles. The van der Waals surface area contributed by atoms with E-state index in [2.05, 4.69) is 5.32 Å². The van der Waals surface area contributed by atoms with Crippen LogP contribution in [0.2, 0.25) is 0 Å². The van der Waals surface area contributed by atoms with Crippen molar-refractivity contribution in [3.8, 4) is 0 Å². The fraction of sp³-hybridized carbons (Fsp3) is 0.143. The summed E-state index contributed by atoms with van der Waals surface area (Å²) in [5, 5.41) is 19.1. The van der Waals surface area contributed by atoms with Crippen LogP contribution in [0.3, 0.4) is 0 Å². The summed E-state index contributed by atoms with van der Waals surface area (Å²) in [5.41, 5.74) is 0.975. The Morgan fingerprint density at radius 2 is 1.86 bits per heavy atom. The first-order valence-electron chi connectivity index (χ1n) is 6.42. The third-order valence-corrected chi connectivity index (χ3v) is 4.07. The first kappa shape index (κ1) is 15.9. The number of nitro benzene ring substituents is 1. The lowest BCUT2D eigenvalue weighted by molar-refractivity contribution is -0.384. The summed E-state index contributed by atoms with van der Waals surface area (Å²) in [6.07, 6.45) is 0. The van der Waals surface area contributed by atoms with E-state index in [0.29, 0.717) is 11.3 Å². The van der Waals surface area contributed by atoms with E-state index in [1.54, 1.807) is 37.3 Å². The van der Waals surface area contributed by atoms with E-state index in [1.807, 2.05) is 0 Å². The Balaban J connectivity index is 2.31. The lowest BCUT2D eigenvalue weighted by atomic mass is 10.1. The van der Waals surface area contributed by atoms with Crippen LogP contribution in [0, 0.1) is 10.1 Å². The maximum absolute atomic E-state index is 11.4. The summed E-state index contributed by atoms with van der Waals surface area (Å²) in [5.74, 6) is 0. The van der Waals surface area contributed by atoms with Crippen LogP contribution in [0.15, 0.2) is 53.4 Å². The number of benzene rings is 2. The predicted octanol–water partition coefficient (Wildman–Crippen LogP) is 2.42. The Hall–Kier alpha value is -2.45. The molecular formula is C14H15N3O4S. The zero-order valence-corrected chi connectivity index (χ0v) is 12.6. The summed E-state index contributed by atoms with van der Waals surface area (Å²) in [4.78, 5) is 10.5. The van der Waals surface area contributed by atoms with Crippen molar-refractivity contribution in [1.82, 2.24) is 0 Å². The molecule has 22 heavy (non-hydrogen) atoms. The standard InChI is InChI=1S/C14H15N3O4S/c1-10(11-5-4-6-12(9-11)22(15,20)21)16-13-7-2-3-8-14(13)17(18)19/h2-10,16H,1H3,(H2,15,20,21). The fourth-order valence-corrected chi connectivity index (χ4v) is 2.60. The molecule has 0 spiro atoms. The van der Waals surface area contributed by atoms with Crippen LogP contribution in [-0.4, -0.2) is 13.3 Å². The zero-order chi connectivity index (χ0) is 16.3.